The maximum atomic E-state index is 12.4. The first kappa shape index (κ1) is 18.6. The summed E-state index contributed by atoms with van der Waals surface area (Å²) in [5, 5.41) is 2.84. The molecule has 0 heterocycles. The molecule has 2 N–H and O–H groups in total. The van der Waals surface area contributed by atoms with Gasteiger partial charge in [-0.1, -0.05) is 43.2 Å². The number of carbonyl (C=O) groups excluding carboxylic acids is 1. The SMILES string of the molecule is O=C(CCc1ccc(S(=O)(=O)NC2CCCC2)cc1)Nc1ccccc1. The fourth-order valence-corrected chi connectivity index (χ4v) is 4.47. The Kier molecular flexibility index (Phi) is 6.06. The van der Waals surface area contributed by atoms with E-state index in [0.717, 1.165) is 36.9 Å². The van der Waals surface area contributed by atoms with E-state index in [9.17, 15) is 13.2 Å². The molecule has 1 aliphatic rings. The van der Waals surface area contributed by atoms with E-state index >= 15 is 0 Å². The van der Waals surface area contributed by atoms with Crippen molar-refractivity contribution >= 4 is 21.6 Å². The van der Waals surface area contributed by atoms with Crippen LogP contribution in [0.2, 0.25) is 0 Å². The van der Waals surface area contributed by atoms with E-state index in [4.69, 9.17) is 0 Å². The van der Waals surface area contributed by atoms with E-state index in [-0.39, 0.29) is 16.8 Å². The number of carbonyl (C=O) groups is 1. The first-order valence-corrected chi connectivity index (χ1v) is 10.5. The molecule has 6 heteroatoms. The molecule has 1 aliphatic carbocycles. The lowest BCUT2D eigenvalue weighted by atomic mass is 10.1. The third-order valence-corrected chi connectivity index (χ3v) is 6.15. The van der Waals surface area contributed by atoms with Gasteiger partial charge in [-0.3, -0.25) is 4.79 Å². The number of nitrogens with one attached hydrogen (secondary N) is 2. The predicted octanol–water partition coefficient (Wildman–Crippen LogP) is 3.48. The molecule has 5 nitrogen and oxygen atoms in total. The third-order valence-electron chi connectivity index (χ3n) is 4.61. The van der Waals surface area contributed by atoms with Crippen LogP contribution in [0.25, 0.3) is 0 Å². The van der Waals surface area contributed by atoms with Crippen LogP contribution in [0.1, 0.15) is 37.7 Å². The fourth-order valence-electron chi connectivity index (χ4n) is 3.17. The maximum Gasteiger partial charge on any atom is 0.240 e. The fraction of sp³-hybridized carbons (Fsp3) is 0.350. The highest BCUT2D eigenvalue weighted by atomic mass is 32.2. The zero-order chi connectivity index (χ0) is 18.4. The number of rotatable bonds is 7. The Balaban J connectivity index is 1.53. The second-order valence-corrected chi connectivity index (χ2v) is 8.37. The monoisotopic (exact) mass is 372 g/mol. The summed E-state index contributed by atoms with van der Waals surface area (Å²) >= 11 is 0. The van der Waals surface area contributed by atoms with Crippen molar-refractivity contribution in [3.05, 3.63) is 60.2 Å². The largest absolute Gasteiger partial charge is 0.326 e. The summed E-state index contributed by atoms with van der Waals surface area (Å²) in [5.41, 5.74) is 1.71. The summed E-state index contributed by atoms with van der Waals surface area (Å²) in [6, 6.07) is 16.2. The molecule has 2 aromatic rings. The molecule has 0 radical (unpaired) electrons. The Hall–Kier alpha value is -2.18. The highest BCUT2D eigenvalue weighted by Gasteiger charge is 2.22. The average molecular weight is 372 g/mol. The molecule has 26 heavy (non-hydrogen) atoms. The molecule has 138 valence electrons. The van der Waals surface area contributed by atoms with E-state index in [1.807, 2.05) is 30.3 Å². The summed E-state index contributed by atoms with van der Waals surface area (Å²) in [4.78, 5) is 12.3. The Bertz CT molecular complexity index is 827. The number of benzene rings is 2. The number of aryl methyl sites for hydroxylation is 1. The van der Waals surface area contributed by atoms with Crippen LogP contribution in [0.3, 0.4) is 0 Å². The molecule has 0 bridgehead atoms. The van der Waals surface area contributed by atoms with Crippen molar-refractivity contribution in [2.24, 2.45) is 0 Å². The second kappa shape index (κ2) is 8.47. The van der Waals surface area contributed by atoms with Gasteiger partial charge in [0.25, 0.3) is 0 Å². The normalized spacial score (nSPS) is 15.1. The van der Waals surface area contributed by atoms with Crippen LogP contribution in [-0.4, -0.2) is 20.4 Å². The zero-order valence-corrected chi connectivity index (χ0v) is 15.5. The van der Waals surface area contributed by atoms with E-state index in [1.54, 1.807) is 24.3 Å². The lowest BCUT2D eigenvalue weighted by Crippen LogP contribution is -2.32. The summed E-state index contributed by atoms with van der Waals surface area (Å²) < 4.78 is 27.6. The van der Waals surface area contributed by atoms with Crippen molar-refractivity contribution in [3.63, 3.8) is 0 Å². The van der Waals surface area contributed by atoms with Crippen LogP contribution in [-0.2, 0) is 21.2 Å². The van der Waals surface area contributed by atoms with E-state index in [1.165, 1.54) is 0 Å². The molecular weight excluding hydrogens is 348 g/mol. The zero-order valence-electron chi connectivity index (χ0n) is 14.6. The van der Waals surface area contributed by atoms with Gasteiger partial charge in [0.1, 0.15) is 0 Å². The minimum atomic E-state index is -3.46. The average Bonchev–Trinajstić information content (AvgIpc) is 3.13. The molecule has 0 aliphatic heterocycles. The lowest BCUT2D eigenvalue weighted by molar-refractivity contribution is -0.116. The van der Waals surface area contributed by atoms with Gasteiger partial charge in [-0.05, 0) is 49.1 Å². The van der Waals surface area contributed by atoms with Gasteiger partial charge in [0, 0.05) is 18.2 Å². The number of anilines is 1. The Morgan fingerprint density at radius 1 is 0.962 bits per heavy atom. The summed E-state index contributed by atoms with van der Waals surface area (Å²) in [6.07, 6.45) is 4.90. The van der Waals surface area contributed by atoms with Crippen LogP contribution < -0.4 is 10.0 Å². The summed E-state index contributed by atoms with van der Waals surface area (Å²) in [7, 11) is -3.46. The molecule has 0 aromatic heterocycles. The van der Waals surface area contributed by atoms with E-state index in [0.29, 0.717) is 12.8 Å². The number of amides is 1. The quantitative estimate of drug-likeness (QED) is 0.781. The van der Waals surface area contributed by atoms with Crippen molar-refractivity contribution in [2.45, 2.75) is 49.5 Å². The van der Waals surface area contributed by atoms with Crippen molar-refractivity contribution in [1.82, 2.24) is 4.72 Å². The van der Waals surface area contributed by atoms with E-state index < -0.39 is 10.0 Å². The molecule has 3 rings (SSSR count). The molecule has 1 fully saturated rings. The summed E-state index contributed by atoms with van der Waals surface area (Å²) in [6.45, 7) is 0. The lowest BCUT2D eigenvalue weighted by Gasteiger charge is -2.12. The molecule has 0 spiro atoms. The minimum Gasteiger partial charge on any atom is -0.326 e. The minimum absolute atomic E-state index is 0.0568. The van der Waals surface area contributed by atoms with Gasteiger partial charge in [-0.2, -0.15) is 0 Å². The van der Waals surface area contributed by atoms with Gasteiger partial charge in [0.2, 0.25) is 15.9 Å². The molecule has 0 saturated heterocycles. The van der Waals surface area contributed by atoms with Crippen LogP contribution in [0, 0.1) is 0 Å². The van der Waals surface area contributed by atoms with Gasteiger partial charge in [-0.25, -0.2) is 13.1 Å². The molecule has 1 saturated carbocycles. The first-order valence-electron chi connectivity index (χ1n) is 8.99. The van der Waals surface area contributed by atoms with E-state index in [2.05, 4.69) is 10.0 Å². The van der Waals surface area contributed by atoms with Crippen molar-refractivity contribution in [2.75, 3.05) is 5.32 Å². The Morgan fingerprint density at radius 2 is 1.62 bits per heavy atom. The number of hydrogen-bond donors (Lipinski definition) is 2. The van der Waals surface area contributed by atoms with Crippen molar-refractivity contribution < 1.29 is 13.2 Å². The second-order valence-electron chi connectivity index (χ2n) is 6.66. The number of para-hydroxylation sites is 1. The van der Waals surface area contributed by atoms with Gasteiger partial charge < -0.3 is 5.32 Å². The maximum absolute atomic E-state index is 12.4. The molecule has 0 atom stereocenters. The Morgan fingerprint density at radius 3 is 2.27 bits per heavy atom. The topological polar surface area (TPSA) is 75.3 Å². The molecule has 2 aromatic carbocycles. The number of sulfonamides is 1. The standard InChI is InChI=1S/C20H24N2O3S/c23-20(21-17-6-2-1-3-7-17)15-12-16-10-13-19(14-11-16)26(24,25)22-18-8-4-5-9-18/h1-3,6-7,10-11,13-14,18,22H,4-5,8-9,12,15H2,(H,21,23). The summed E-state index contributed by atoms with van der Waals surface area (Å²) in [5.74, 6) is -0.0594. The molecular formula is C20H24N2O3S. The number of hydrogen-bond acceptors (Lipinski definition) is 3. The van der Waals surface area contributed by atoms with Crippen LogP contribution in [0.4, 0.5) is 5.69 Å². The van der Waals surface area contributed by atoms with Crippen LogP contribution in [0.5, 0.6) is 0 Å². The van der Waals surface area contributed by atoms with Gasteiger partial charge in [0.05, 0.1) is 4.90 Å². The van der Waals surface area contributed by atoms with Crippen LogP contribution in [0.15, 0.2) is 59.5 Å². The van der Waals surface area contributed by atoms with Gasteiger partial charge in [-0.15, -0.1) is 0 Å². The first-order chi connectivity index (χ1) is 12.5. The predicted molar refractivity (Wildman–Crippen MR) is 102 cm³/mol. The highest BCUT2D eigenvalue weighted by Crippen LogP contribution is 2.20. The highest BCUT2D eigenvalue weighted by molar-refractivity contribution is 7.89. The van der Waals surface area contributed by atoms with Gasteiger partial charge in [0.15, 0.2) is 0 Å². The van der Waals surface area contributed by atoms with Crippen molar-refractivity contribution in [3.8, 4) is 0 Å². The van der Waals surface area contributed by atoms with Crippen molar-refractivity contribution in [1.29, 1.82) is 0 Å². The van der Waals surface area contributed by atoms with Gasteiger partial charge >= 0.3 is 0 Å². The Labute approximate surface area is 154 Å². The third kappa shape index (κ3) is 5.16. The molecule has 0 unspecified atom stereocenters. The smallest absolute Gasteiger partial charge is 0.240 e. The molecule has 1 amide bonds. The van der Waals surface area contributed by atoms with Crippen LogP contribution >= 0.6 is 0 Å².